The highest BCUT2D eigenvalue weighted by Gasteiger charge is 2.34. The van der Waals surface area contributed by atoms with Crippen LogP contribution >= 0.6 is 11.3 Å². The van der Waals surface area contributed by atoms with Crippen LogP contribution in [0, 0.1) is 5.82 Å². The number of ether oxygens (including phenoxy) is 1. The summed E-state index contributed by atoms with van der Waals surface area (Å²) >= 11 is 1.42. The number of amides is 2. The Morgan fingerprint density at radius 3 is 2.52 bits per heavy atom. The third kappa shape index (κ3) is 6.71. The number of carbonyl (C=O) groups is 2. The Morgan fingerprint density at radius 1 is 1.10 bits per heavy atom. The minimum atomic E-state index is -0.857. The van der Waals surface area contributed by atoms with Crippen molar-refractivity contribution < 1.29 is 18.7 Å². The Hall–Kier alpha value is -4.12. The molecule has 1 aliphatic carbocycles. The van der Waals surface area contributed by atoms with Gasteiger partial charge in [-0.25, -0.2) is 4.39 Å². The third-order valence-electron chi connectivity index (χ3n) is 6.99. The Bertz CT molecular complexity index is 1400. The molecule has 0 saturated heterocycles. The van der Waals surface area contributed by atoms with Gasteiger partial charge in [0.05, 0.1) is 7.11 Å². The lowest BCUT2D eigenvalue weighted by Gasteiger charge is -2.32. The summed E-state index contributed by atoms with van der Waals surface area (Å²) in [5, 5.41) is 17.7. The van der Waals surface area contributed by atoms with E-state index >= 15 is 0 Å². The molecule has 2 aromatic heterocycles. The summed E-state index contributed by atoms with van der Waals surface area (Å²) in [5.74, 6) is 0.110. The van der Waals surface area contributed by atoms with Crippen molar-refractivity contribution in [3.8, 4) is 17.1 Å². The fourth-order valence-electron chi connectivity index (χ4n) is 4.89. The molecule has 1 aliphatic rings. The maximum atomic E-state index is 13.9. The van der Waals surface area contributed by atoms with Gasteiger partial charge in [-0.05, 0) is 71.5 Å². The number of hydrogen-bond donors (Lipinski definition) is 1. The van der Waals surface area contributed by atoms with Crippen LogP contribution in [0.15, 0.2) is 66.0 Å². The fourth-order valence-corrected chi connectivity index (χ4v) is 5.72. The van der Waals surface area contributed by atoms with Crippen LogP contribution in [-0.4, -0.2) is 50.1 Å². The van der Waals surface area contributed by atoms with E-state index in [9.17, 15) is 14.0 Å². The molecule has 5 rings (SSSR count). The standard InChI is InChI=1S/C29H31FN6O3S/c1-39-24-15-11-21(12-16-24)28-32-34-36(33-28)19-26(37)35(18-20-9-13-22(30)14-10-20)27(25-8-5-17-40-25)29(38)31-23-6-3-2-4-7-23/h5,8-17,23,27H,2-4,6-7,18-19H2,1H3,(H,31,38)/t27-/m1/s1. The summed E-state index contributed by atoms with van der Waals surface area (Å²) in [7, 11) is 1.59. The second-order valence-corrected chi connectivity index (χ2v) is 10.8. The molecule has 2 amide bonds. The van der Waals surface area contributed by atoms with E-state index in [2.05, 4.69) is 20.7 Å². The van der Waals surface area contributed by atoms with Crippen molar-refractivity contribution in [3.63, 3.8) is 0 Å². The van der Waals surface area contributed by atoms with Gasteiger partial charge in [0.2, 0.25) is 17.6 Å². The molecule has 11 heteroatoms. The first-order chi connectivity index (χ1) is 19.5. The first kappa shape index (κ1) is 27.4. The number of aromatic nitrogens is 4. The van der Waals surface area contributed by atoms with Crippen LogP contribution in [0.4, 0.5) is 4.39 Å². The Morgan fingerprint density at radius 2 is 1.85 bits per heavy atom. The van der Waals surface area contributed by atoms with E-state index in [0.29, 0.717) is 17.1 Å². The van der Waals surface area contributed by atoms with E-state index in [0.717, 1.165) is 36.1 Å². The zero-order chi connectivity index (χ0) is 27.9. The number of halogens is 1. The molecule has 1 saturated carbocycles. The van der Waals surface area contributed by atoms with E-state index in [1.807, 2.05) is 29.6 Å². The van der Waals surface area contributed by atoms with Gasteiger partial charge in [-0.3, -0.25) is 9.59 Å². The maximum absolute atomic E-state index is 13.9. The van der Waals surface area contributed by atoms with Crippen molar-refractivity contribution in [2.75, 3.05) is 7.11 Å². The molecule has 1 fully saturated rings. The number of rotatable bonds is 10. The molecule has 0 unspecified atom stereocenters. The predicted octanol–water partition coefficient (Wildman–Crippen LogP) is 4.77. The van der Waals surface area contributed by atoms with Gasteiger partial charge < -0.3 is 15.0 Å². The predicted molar refractivity (Wildman–Crippen MR) is 149 cm³/mol. The first-order valence-electron chi connectivity index (χ1n) is 13.3. The Balaban J connectivity index is 1.41. The van der Waals surface area contributed by atoms with Gasteiger partial charge in [-0.1, -0.05) is 37.5 Å². The zero-order valence-electron chi connectivity index (χ0n) is 22.2. The van der Waals surface area contributed by atoms with Gasteiger partial charge in [0, 0.05) is 23.0 Å². The molecular formula is C29H31FN6O3S. The minimum absolute atomic E-state index is 0.0792. The third-order valence-corrected chi connectivity index (χ3v) is 7.91. The SMILES string of the molecule is COc1ccc(-c2nnn(CC(=O)N(Cc3ccc(F)cc3)[C@@H](C(=O)NC3CCCCC3)c3cccs3)n2)cc1. The minimum Gasteiger partial charge on any atom is -0.497 e. The molecule has 1 N–H and O–H groups in total. The molecule has 2 heterocycles. The van der Waals surface area contributed by atoms with E-state index in [4.69, 9.17) is 4.74 Å². The molecule has 0 aliphatic heterocycles. The van der Waals surface area contributed by atoms with Gasteiger partial charge in [0.25, 0.3) is 0 Å². The van der Waals surface area contributed by atoms with Crippen molar-refractivity contribution in [2.45, 2.75) is 57.3 Å². The number of nitrogens with zero attached hydrogens (tertiary/aromatic N) is 5. The number of tetrazole rings is 1. The largest absolute Gasteiger partial charge is 0.497 e. The summed E-state index contributed by atoms with van der Waals surface area (Å²) in [6.07, 6.45) is 5.15. The Kier molecular flexibility index (Phi) is 8.80. The molecule has 9 nitrogen and oxygen atoms in total. The number of thiophene rings is 1. The quantitative estimate of drug-likeness (QED) is 0.299. The average molecular weight is 563 g/mol. The van der Waals surface area contributed by atoms with E-state index in [-0.39, 0.29) is 36.8 Å². The van der Waals surface area contributed by atoms with Gasteiger partial charge in [-0.15, -0.1) is 21.5 Å². The monoisotopic (exact) mass is 562 g/mol. The molecule has 0 radical (unpaired) electrons. The summed E-state index contributed by atoms with van der Waals surface area (Å²) in [5.41, 5.74) is 1.43. The number of methoxy groups -OCH3 is 1. The fraction of sp³-hybridized carbons (Fsp3) is 0.345. The lowest BCUT2D eigenvalue weighted by molar-refractivity contribution is -0.142. The molecule has 208 valence electrons. The van der Waals surface area contributed by atoms with Crippen molar-refractivity contribution >= 4 is 23.2 Å². The molecule has 0 bridgehead atoms. The zero-order valence-corrected chi connectivity index (χ0v) is 23.0. The lowest BCUT2D eigenvalue weighted by atomic mass is 9.95. The molecule has 0 spiro atoms. The average Bonchev–Trinajstić information content (AvgIpc) is 3.67. The maximum Gasteiger partial charge on any atom is 0.248 e. The highest BCUT2D eigenvalue weighted by atomic mass is 32.1. The number of nitrogens with one attached hydrogen (secondary N) is 1. The molecule has 1 atom stereocenters. The highest BCUT2D eigenvalue weighted by molar-refractivity contribution is 7.10. The number of carbonyl (C=O) groups excluding carboxylic acids is 2. The number of benzene rings is 2. The smallest absolute Gasteiger partial charge is 0.248 e. The van der Waals surface area contributed by atoms with Crippen LogP contribution < -0.4 is 10.1 Å². The van der Waals surface area contributed by atoms with E-state index in [1.165, 1.54) is 39.6 Å². The van der Waals surface area contributed by atoms with Gasteiger partial charge in [0.15, 0.2) is 0 Å². The second kappa shape index (κ2) is 12.8. The van der Waals surface area contributed by atoms with Crippen LogP contribution in [0.5, 0.6) is 5.75 Å². The molecule has 2 aromatic carbocycles. The van der Waals surface area contributed by atoms with Gasteiger partial charge in [0.1, 0.15) is 24.2 Å². The van der Waals surface area contributed by atoms with Crippen LogP contribution in [0.25, 0.3) is 11.4 Å². The van der Waals surface area contributed by atoms with Crippen molar-refractivity contribution in [1.82, 2.24) is 30.4 Å². The van der Waals surface area contributed by atoms with Crippen LogP contribution in [-0.2, 0) is 22.7 Å². The summed E-state index contributed by atoms with van der Waals surface area (Å²) in [4.78, 5) is 31.1. The first-order valence-corrected chi connectivity index (χ1v) is 14.2. The summed E-state index contributed by atoms with van der Waals surface area (Å²) in [6, 6.07) is 16.1. The lowest BCUT2D eigenvalue weighted by Crippen LogP contribution is -2.47. The van der Waals surface area contributed by atoms with Crippen LogP contribution in [0.3, 0.4) is 0 Å². The van der Waals surface area contributed by atoms with Crippen molar-refractivity contribution in [2.24, 2.45) is 0 Å². The highest BCUT2D eigenvalue weighted by Crippen LogP contribution is 2.29. The molecule has 40 heavy (non-hydrogen) atoms. The second-order valence-electron chi connectivity index (χ2n) is 9.78. The Labute approximate surface area is 236 Å². The van der Waals surface area contributed by atoms with Gasteiger partial charge in [-0.2, -0.15) is 4.80 Å². The molecule has 4 aromatic rings. The van der Waals surface area contributed by atoms with Gasteiger partial charge >= 0.3 is 0 Å². The summed E-state index contributed by atoms with van der Waals surface area (Å²) in [6.45, 7) is -0.108. The van der Waals surface area contributed by atoms with Crippen LogP contribution in [0.1, 0.15) is 48.6 Å². The normalized spacial score (nSPS) is 14.4. The topological polar surface area (TPSA) is 102 Å². The number of hydrogen-bond acceptors (Lipinski definition) is 7. The van der Waals surface area contributed by atoms with Crippen LogP contribution in [0.2, 0.25) is 0 Å². The van der Waals surface area contributed by atoms with E-state index < -0.39 is 6.04 Å². The molecular weight excluding hydrogens is 531 g/mol. The van der Waals surface area contributed by atoms with Crippen molar-refractivity contribution in [1.29, 1.82) is 0 Å². The van der Waals surface area contributed by atoms with E-state index in [1.54, 1.807) is 31.4 Å². The summed E-state index contributed by atoms with van der Waals surface area (Å²) < 4.78 is 18.8. The van der Waals surface area contributed by atoms with Crippen molar-refractivity contribution in [3.05, 3.63) is 82.3 Å².